The first kappa shape index (κ1) is 14.2. The Kier molecular flexibility index (Phi) is 4.02. The molecule has 0 bridgehead atoms. The molecule has 1 heterocycles. The van der Waals surface area contributed by atoms with Crippen LogP contribution in [0.15, 0.2) is 0 Å². The Hall–Kier alpha value is -0.170. The highest BCUT2D eigenvalue weighted by molar-refractivity contribution is 7.85. The molecule has 0 aromatic carbocycles. The van der Waals surface area contributed by atoms with Crippen molar-refractivity contribution in [2.24, 2.45) is 5.41 Å². The van der Waals surface area contributed by atoms with Crippen LogP contribution in [0.1, 0.15) is 39.0 Å². The molecule has 0 aromatic heterocycles. The molecule has 2 rings (SSSR count). The van der Waals surface area contributed by atoms with Gasteiger partial charge in [0.2, 0.25) is 0 Å². The van der Waals surface area contributed by atoms with Crippen LogP contribution in [-0.4, -0.2) is 40.3 Å². The molecule has 1 saturated carbocycles. The standard InChI is InChI=1S/C12H22O5S/c1-3-11(10-17-18(2,13)14)4-6-12(7-5-11)15-8-9-16-12/h3-10H2,1-2H3. The largest absolute Gasteiger partial charge is 0.348 e. The number of hydrogen-bond donors (Lipinski definition) is 0. The molecule has 2 fully saturated rings. The molecule has 0 amide bonds. The summed E-state index contributed by atoms with van der Waals surface area (Å²) in [6.45, 7) is 3.69. The minimum atomic E-state index is -3.36. The summed E-state index contributed by atoms with van der Waals surface area (Å²) in [6.07, 6.45) is 5.45. The van der Waals surface area contributed by atoms with E-state index in [0.29, 0.717) is 13.2 Å². The van der Waals surface area contributed by atoms with Crippen molar-refractivity contribution in [3.05, 3.63) is 0 Å². The average Bonchev–Trinajstić information content (AvgIpc) is 2.77. The third-order valence-electron chi connectivity index (χ3n) is 4.22. The van der Waals surface area contributed by atoms with Gasteiger partial charge in [0.15, 0.2) is 5.79 Å². The van der Waals surface area contributed by atoms with Crippen LogP contribution in [0.4, 0.5) is 0 Å². The summed E-state index contributed by atoms with van der Waals surface area (Å²) in [5, 5.41) is 0. The Morgan fingerprint density at radius 3 is 2.11 bits per heavy atom. The van der Waals surface area contributed by atoms with E-state index in [0.717, 1.165) is 38.4 Å². The van der Waals surface area contributed by atoms with E-state index in [2.05, 4.69) is 6.92 Å². The smallest absolute Gasteiger partial charge is 0.264 e. The fourth-order valence-electron chi connectivity index (χ4n) is 2.78. The maximum absolute atomic E-state index is 11.1. The van der Waals surface area contributed by atoms with Crippen LogP contribution in [0.2, 0.25) is 0 Å². The van der Waals surface area contributed by atoms with Crippen molar-refractivity contribution in [3.8, 4) is 0 Å². The maximum atomic E-state index is 11.1. The van der Waals surface area contributed by atoms with Crippen molar-refractivity contribution >= 4 is 10.1 Å². The molecule has 0 aromatic rings. The zero-order chi connectivity index (χ0) is 13.3. The molecule has 1 saturated heterocycles. The summed E-state index contributed by atoms with van der Waals surface area (Å²) in [7, 11) is -3.36. The first-order valence-electron chi connectivity index (χ1n) is 6.51. The third kappa shape index (κ3) is 3.23. The predicted molar refractivity (Wildman–Crippen MR) is 66.6 cm³/mol. The average molecular weight is 278 g/mol. The van der Waals surface area contributed by atoms with Gasteiger partial charge in [-0.05, 0) is 24.7 Å². The summed E-state index contributed by atoms with van der Waals surface area (Å²) in [4.78, 5) is 0. The van der Waals surface area contributed by atoms with Gasteiger partial charge in [-0.1, -0.05) is 6.92 Å². The molecule has 18 heavy (non-hydrogen) atoms. The summed E-state index contributed by atoms with van der Waals surface area (Å²) in [5.74, 6) is -0.399. The van der Waals surface area contributed by atoms with Crippen LogP contribution in [0.3, 0.4) is 0 Å². The zero-order valence-corrected chi connectivity index (χ0v) is 11.9. The van der Waals surface area contributed by atoms with Gasteiger partial charge in [-0.3, -0.25) is 4.18 Å². The minimum Gasteiger partial charge on any atom is -0.348 e. The van der Waals surface area contributed by atoms with Crippen LogP contribution < -0.4 is 0 Å². The topological polar surface area (TPSA) is 61.8 Å². The predicted octanol–water partition coefficient (Wildman–Crippen LogP) is 1.68. The molecule has 106 valence electrons. The highest BCUT2D eigenvalue weighted by atomic mass is 32.2. The molecule has 2 aliphatic rings. The van der Waals surface area contributed by atoms with E-state index in [1.165, 1.54) is 0 Å². The molecule has 1 aliphatic carbocycles. The monoisotopic (exact) mass is 278 g/mol. The van der Waals surface area contributed by atoms with E-state index in [-0.39, 0.29) is 12.0 Å². The number of rotatable bonds is 4. The van der Waals surface area contributed by atoms with Gasteiger partial charge in [0, 0.05) is 12.8 Å². The van der Waals surface area contributed by atoms with E-state index in [9.17, 15) is 8.42 Å². The quantitative estimate of drug-likeness (QED) is 0.732. The van der Waals surface area contributed by atoms with Crippen molar-refractivity contribution < 1.29 is 22.1 Å². The minimum absolute atomic E-state index is 0.0519. The van der Waals surface area contributed by atoms with E-state index in [1.807, 2.05) is 0 Å². The lowest BCUT2D eigenvalue weighted by molar-refractivity contribution is -0.194. The highest BCUT2D eigenvalue weighted by Gasteiger charge is 2.45. The molecular formula is C12H22O5S. The summed E-state index contributed by atoms with van der Waals surface area (Å²) in [5.41, 5.74) is -0.0519. The summed E-state index contributed by atoms with van der Waals surface area (Å²) < 4.78 is 38.6. The zero-order valence-electron chi connectivity index (χ0n) is 11.1. The molecule has 0 N–H and O–H groups in total. The molecule has 5 nitrogen and oxygen atoms in total. The molecular weight excluding hydrogens is 256 g/mol. The van der Waals surface area contributed by atoms with Gasteiger partial charge in [-0.15, -0.1) is 0 Å². The Balaban J connectivity index is 1.95. The number of ether oxygens (including phenoxy) is 2. The lowest BCUT2D eigenvalue weighted by atomic mass is 9.71. The molecule has 6 heteroatoms. The van der Waals surface area contributed by atoms with Crippen molar-refractivity contribution in [2.45, 2.75) is 44.8 Å². The van der Waals surface area contributed by atoms with Crippen molar-refractivity contribution in [2.75, 3.05) is 26.1 Å². The molecule has 0 atom stereocenters. The molecule has 1 aliphatic heterocycles. The normalized spacial score (nSPS) is 26.6. The second-order valence-electron chi connectivity index (χ2n) is 5.43. The second kappa shape index (κ2) is 5.07. The fraction of sp³-hybridized carbons (Fsp3) is 1.00. The van der Waals surface area contributed by atoms with E-state index < -0.39 is 15.9 Å². The Morgan fingerprint density at radius 1 is 1.11 bits per heavy atom. The van der Waals surface area contributed by atoms with Gasteiger partial charge in [0.1, 0.15) is 0 Å². The van der Waals surface area contributed by atoms with Crippen molar-refractivity contribution in [1.29, 1.82) is 0 Å². The number of hydrogen-bond acceptors (Lipinski definition) is 5. The molecule has 0 radical (unpaired) electrons. The van der Waals surface area contributed by atoms with Gasteiger partial charge < -0.3 is 9.47 Å². The Labute approximate surface area is 109 Å². The van der Waals surface area contributed by atoms with Crippen LogP contribution in [0, 0.1) is 5.41 Å². The van der Waals surface area contributed by atoms with Crippen molar-refractivity contribution in [1.82, 2.24) is 0 Å². The fourth-order valence-corrected chi connectivity index (χ4v) is 3.24. The lowest BCUT2D eigenvalue weighted by Crippen LogP contribution is -2.42. The van der Waals surface area contributed by atoms with Crippen molar-refractivity contribution in [3.63, 3.8) is 0 Å². The van der Waals surface area contributed by atoms with Gasteiger partial charge in [-0.25, -0.2) is 0 Å². The van der Waals surface area contributed by atoms with Gasteiger partial charge in [-0.2, -0.15) is 8.42 Å². The van der Waals surface area contributed by atoms with Gasteiger partial charge >= 0.3 is 0 Å². The van der Waals surface area contributed by atoms with Crippen LogP contribution >= 0.6 is 0 Å². The molecule has 0 unspecified atom stereocenters. The van der Waals surface area contributed by atoms with Crippen LogP contribution in [0.5, 0.6) is 0 Å². The summed E-state index contributed by atoms with van der Waals surface area (Å²) in [6, 6.07) is 0. The maximum Gasteiger partial charge on any atom is 0.264 e. The molecule has 1 spiro atoms. The van der Waals surface area contributed by atoms with E-state index in [1.54, 1.807) is 0 Å². The van der Waals surface area contributed by atoms with E-state index >= 15 is 0 Å². The highest BCUT2D eigenvalue weighted by Crippen LogP contribution is 2.46. The van der Waals surface area contributed by atoms with Gasteiger partial charge in [0.05, 0.1) is 26.1 Å². The third-order valence-corrected chi connectivity index (χ3v) is 4.76. The summed E-state index contributed by atoms with van der Waals surface area (Å²) >= 11 is 0. The Morgan fingerprint density at radius 2 is 1.67 bits per heavy atom. The van der Waals surface area contributed by atoms with Gasteiger partial charge in [0.25, 0.3) is 10.1 Å². The Bertz CT molecular complexity index is 373. The first-order valence-corrected chi connectivity index (χ1v) is 8.33. The SMILES string of the molecule is CCC1(COS(C)(=O)=O)CCC2(CC1)OCCO2. The van der Waals surface area contributed by atoms with Crippen LogP contribution in [0.25, 0.3) is 0 Å². The van der Waals surface area contributed by atoms with Crippen LogP contribution in [-0.2, 0) is 23.8 Å². The first-order chi connectivity index (χ1) is 8.39. The second-order valence-corrected chi connectivity index (χ2v) is 7.07. The lowest BCUT2D eigenvalue weighted by Gasteiger charge is -2.42. The van der Waals surface area contributed by atoms with E-state index in [4.69, 9.17) is 13.7 Å².